The van der Waals surface area contributed by atoms with Crippen molar-refractivity contribution in [3.8, 4) is 5.75 Å². The van der Waals surface area contributed by atoms with Crippen molar-refractivity contribution in [3.63, 3.8) is 0 Å². The number of benzene rings is 1. The average Bonchev–Trinajstić information content (AvgIpc) is 2.82. The van der Waals surface area contributed by atoms with Crippen LogP contribution in [0.1, 0.15) is 60.8 Å². The van der Waals surface area contributed by atoms with Gasteiger partial charge >= 0.3 is 0 Å². The molecular formula is C22H28N2O3S. The van der Waals surface area contributed by atoms with Crippen LogP contribution in [0.5, 0.6) is 5.75 Å². The first-order chi connectivity index (χ1) is 13.3. The Balaban J connectivity index is 1.98. The van der Waals surface area contributed by atoms with Crippen LogP contribution < -0.4 is 15.4 Å². The van der Waals surface area contributed by atoms with Gasteiger partial charge in [-0.05, 0) is 43.4 Å². The smallest absolute Gasteiger partial charge is 0.259 e. The Hall–Kier alpha value is -2.34. The molecule has 0 saturated heterocycles. The lowest BCUT2D eigenvalue weighted by Gasteiger charge is -2.18. The molecule has 0 fully saturated rings. The lowest BCUT2D eigenvalue weighted by Crippen LogP contribution is -2.28. The number of carbonyl (C=O) groups excluding carboxylic acids is 2. The van der Waals surface area contributed by atoms with Gasteiger partial charge in [0.1, 0.15) is 10.8 Å². The van der Waals surface area contributed by atoms with Gasteiger partial charge in [0.15, 0.2) is 0 Å². The maximum absolute atomic E-state index is 13.3. The van der Waals surface area contributed by atoms with E-state index in [-0.39, 0.29) is 11.8 Å². The minimum atomic E-state index is -0.530. The molecule has 28 heavy (non-hydrogen) atoms. The first kappa shape index (κ1) is 20.4. The molecule has 0 radical (unpaired) electrons. The number of hydrogen-bond acceptors (Lipinski definition) is 4. The average molecular weight is 401 g/mol. The Morgan fingerprint density at radius 1 is 1.04 bits per heavy atom. The van der Waals surface area contributed by atoms with Gasteiger partial charge in [0, 0.05) is 10.3 Å². The molecule has 0 saturated carbocycles. The molecule has 0 aliphatic heterocycles. The van der Waals surface area contributed by atoms with Gasteiger partial charge in [0.25, 0.3) is 5.91 Å². The molecule has 0 bridgehead atoms. The lowest BCUT2D eigenvalue weighted by molar-refractivity contribution is -0.123. The minimum Gasteiger partial charge on any atom is -0.495 e. The molecule has 1 aliphatic carbocycles. The third-order valence-electron chi connectivity index (χ3n) is 4.91. The fraction of sp³-hybridized carbons (Fsp3) is 0.455. The Morgan fingerprint density at radius 3 is 2.46 bits per heavy atom. The second-order valence-corrected chi connectivity index (χ2v) is 9.23. The summed E-state index contributed by atoms with van der Waals surface area (Å²) in [6.45, 7) is 5.61. The second kappa shape index (κ2) is 8.35. The van der Waals surface area contributed by atoms with E-state index < -0.39 is 5.41 Å². The summed E-state index contributed by atoms with van der Waals surface area (Å²) in [7, 11) is 1.58. The van der Waals surface area contributed by atoms with Crippen LogP contribution in [0, 0.1) is 5.41 Å². The van der Waals surface area contributed by atoms with E-state index in [0.717, 1.165) is 31.2 Å². The summed E-state index contributed by atoms with van der Waals surface area (Å²) < 4.78 is 5.35. The normalized spacial score (nSPS) is 14.0. The van der Waals surface area contributed by atoms with Gasteiger partial charge in [0.05, 0.1) is 18.4 Å². The van der Waals surface area contributed by atoms with Crippen molar-refractivity contribution in [3.05, 3.63) is 40.3 Å². The van der Waals surface area contributed by atoms with E-state index in [1.54, 1.807) is 18.4 Å². The quantitative estimate of drug-likeness (QED) is 0.688. The summed E-state index contributed by atoms with van der Waals surface area (Å²) in [6.07, 6.45) is 5.17. The van der Waals surface area contributed by atoms with E-state index >= 15 is 0 Å². The number of para-hydroxylation sites is 2. The van der Waals surface area contributed by atoms with Crippen LogP contribution >= 0.6 is 11.3 Å². The maximum atomic E-state index is 13.3. The number of aryl methyl sites for hydroxylation is 1. The molecule has 1 heterocycles. The van der Waals surface area contributed by atoms with Crippen molar-refractivity contribution in [2.24, 2.45) is 5.41 Å². The third kappa shape index (κ3) is 4.38. The van der Waals surface area contributed by atoms with Crippen molar-refractivity contribution in [1.82, 2.24) is 0 Å². The zero-order chi connectivity index (χ0) is 20.3. The highest BCUT2D eigenvalue weighted by Crippen LogP contribution is 2.39. The topological polar surface area (TPSA) is 67.4 Å². The van der Waals surface area contributed by atoms with E-state index in [4.69, 9.17) is 4.74 Å². The van der Waals surface area contributed by atoms with Gasteiger partial charge in [0.2, 0.25) is 5.91 Å². The monoisotopic (exact) mass is 400 g/mol. The summed E-state index contributed by atoms with van der Waals surface area (Å²) in [6, 6.07) is 7.34. The number of carbonyl (C=O) groups is 2. The second-order valence-electron chi connectivity index (χ2n) is 8.13. The summed E-state index contributed by atoms with van der Waals surface area (Å²) in [4.78, 5) is 27.1. The number of hydrogen-bond donors (Lipinski definition) is 2. The molecule has 2 amide bonds. The number of fused-ring (bicyclic) bond motifs is 1. The van der Waals surface area contributed by atoms with Gasteiger partial charge < -0.3 is 15.4 Å². The molecule has 2 aromatic rings. The molecule has 0 spiro atoms. The molecule has 2 N–H and O–H groups in total. The third-order valence-corrected chi connectivity index (χ3v) is 6.12. The predicted molar refractivity (Wildman–Crippen MR) is 115 cm³/mol. The van der Waals surface area contributed by atoms with Crippen molar-refractivity contribution >= 4 is 33.8 Å². The molecule has 5 nitrogen and oxygen atoms in total. The summed E-state index contributed by atoms with van der Waals surface area (Å²) in [5.74, 6) is 0.320. The fourth-order valence-electron chi connectivity index (χ4n) is 3.29. The molecule has 6 heteroatoms. The highest BCUT2D eigenvalue weighted by atomic mass is 32.1. The Morgan fingerprint density at radius 2 is 1.75 bits per heavy atom. The number of nitrogens with one attached hydrogen (secondary N) is 2. The molecular weight excluding hydrogens is 372 g/mol. The zero-order valence-electron chi connectivity index (χ0n) is 17.0. The largest absolute Gasteiger partial charge is 0.495 e. The van der Waals surface area contributed by atoms with Crippen LogP contribution in [0.4, 0.5) is 10.7 Å². The van der Waals surface area contributed by atoms with Crippen LogP contribution in [-0.2, 0) is 17.6 Å². The van der Waals surface area contributed by atoms with Gasteiger partial charge in [-0.3, -0.25) is 9.59 Å². The van der Waals surface area contributed by atoms with E-state index in [2.05, 4.69) is 10.6 Å². The number of methoxy groups -OCH3 is 1. The molecule has 0 atom stereocenters. The van der Waals surface area contributed by atoms with Gasteiger partial charge in [-0.2, -0.15) is 0 Å². The highest BCUT2D eigenvalue weighted by Gasteiger charge is 2.29. The van der Waals surface area contributed by atoms with Crippen molar-refractivity contribution < 1.29 is 14.3 Å². The SMILES string of the molecule is COc1ccccc1NC(=O)c1c(NC(=O)C(C)(C)C)sc2c1CCCCC2. The molecule has 3 rings (SSSR count). The number of anilines is 2. The van der Waals surface area contributed by atoms with Crippen LogP contribution in [-0.4, -0.2) is 18.9 Å². The maximum Gasteiger partial charge on any atom is 0.259 e. The number of amides is 2. The lowest BCUT2D eigenvalue weighted by atomic mass is 9.95. The molecule has 150 valence electrons. The number of rotatable bonds is 4. The Kier molecular flexibility index (Phi) is 6.08. The molecule has 0 unspecified atom stereocenters. The summed E-state index contributed by atoms with van der Waals surface area (Å²) >= 11 is 1.54. The van der Waals surface area contributed by atoms with Crippen LogP contribution in [0.3, 0.4) is 0 Å². The van der Waals surface area contributed by atoms with Crippen LogP contribution in [0.2, 0.25) is 0 Å². The fourth-order valence-corrected chi connectivity index (χ4v) is 4.58. The standard InChI is InChI=1S/C22H28N2O3S/c1-22(2,3)21(26)24-20-18(14-10-6-5-7-13-17(14)28-20)19(25)23-15-11-8-9-12-16(15)27-4/h8-9,11-12H,5-7,10,13H2,1-4H3,(H,23,25)(H,24,26). The number of thiophene rings is 1. The van der Waals surface area contributed by atoms with E-state index in [0.29, 0.717) is 22.0 Å². The van der Waals surface area contributed by atoms with E-state index in [9.17, 15) is 9.59 Å². The number of ether oxygens (including phenoxy) is 1. The molecule has 1 aromatic carbocycles. The first-order valence-corrected chi connectivity index (χ1v) is 10.5. The van der Waals surface area contributed by atoms with Gasteiger partial charge in [-0.25, -0.2) is 0 Å². The van der Waals surface area contributed by atoms with Crippen LogP contribution in [0.25, 0.3) is 0 Å². The van der Waals surface area contributed by atoms with E-state index in [1.807, 2.05) is 45.0 Å². The Labute approximate surface area is 170 Å². The Bertz CT molecular complexity index is 880. The zero-order valence-corrected chi connectivity index (χ0v) is 17.8. The van der Waals surface area contributed by atoms with Gasteiger partial charge in [-0.1, -0.05) is 39.3 Å². The molecule has 1 aliphatic rings. The first-order valence-electron chi connectivity index (χ1n) is 9.71. The highest BCUT2D eigenvalue weighted by molar-refractivity contribution is 7.17. The summed E-state index contributed by atoms with van der Waals surface area (Å²) in [5.41, 5.74) is 1.78. The molecule has 1 aromatic heterocycles. The minimum absolute atomic E-state index is 0.0877. The van der Waals surface area contributed by atoms with Crippen LogP contribution in [0.15, 0.2) is 24.3 Å². The predicted octanol–water partition coefficient (Wildman–Crippen LogP) is 5.26. The van der Waals surface area contributed by atoms with Gasteiger partial charge in [-0.15, -0.1) is 11.3 Å². The van der Waals surface area contributed by atoms with Crippen molar-refractivity contribution in [2.75, 3.05) is 17.7 Å². The van der Waals surface area contributed by atoms with Crippen molar-refractivity contribution in [1.29, 1.82) is 0 Å². The summed E-state index contributed by atoms with van der Waals surface area (Å²) in [5, 5.41) is 6.64. The van der Waals surface area contributed by atoms with Crippen molar-refractivity contribution in [2.45, 2.75) is 52.9 Å². The van der Waals surface area contributed by atoms with E-state index in [1.165, 1.54) is 11.3 Å².